The van der Waals surface area contributed by atoms with Crippen molar-refractivity contribution >= 4 is 34.2 Å². The van der Waals surface area contributed by atoms with E-state index in [1.54, 1.807) is 13.1 Å². The third-order valence-corrected chi connectivity index (χ3v) is 3.43. The molecule has 2 aromatic rings. The van der Waals surface area contributed by atoms with E-state index in [-0.39, 0.29) is 23.2 Å². The maximum atomic E-state index is 12.3. The number of carbonyl (C=O) groups is 2. The molecular weight excluding hydrogens is 292 g/mol. The molecule has 0 aliphatic rings. The van der Waals surface area contributed by atoms with Gasteiger partial charge >= 0.3 is 5.97 Å². The maximum absolute atomic E-state index is 12.3. The SMILES string of the molecule is CN(CCCC(=O)O)C(=O)c1cc2ccccc2c(Cl)n1. The van der Waals surface area contributed by atoms with Crippen molar-refractivity contribution in [3.8, 4) is 0 Å². The summed E-state index contributed by atoms with van der Waals surface area (Å²) in [5, 5.41) is 10.5. The van der Waals surface area contributed by atoms with Crippen LogP contribution in [0.2, 0.25) is 5.15 Å². The predicted octanol–water partition coefficient (Wildman–Crippen LogP) is 2.83. The lowest BCUT2D eigenvalue weighted by atomic mass is 10.1. The van der Waals surface area contributed by atoms with Crippen LogP contribution in [0.5, 0.6) is 0 Å². The summed E-state index contributed by atoms with van der Waals surface area (Å²) in [7, 11) is 1.62. The van der Waals surface area contributed by atoms with E-state index in [0.717, 1.165) is 10.8 Å². The summed E-state index contributed by atoms with van der Waals surface area (Å²) in [5.74, 6) is -1.14. The van der Waals surface area contributed by atoms with Crippen LogP contribution in [0.3, 0.4) is 0 Å². The molecule has 0 saturated carbocycles. The number of rotatable bonds is 5. The van der Waals surface area contributed by atoms with E-state index in [2.05, 4.69) is 4.98 Å². The summed E-state index contributed by atoms with van der Waals surface area (Å²) in [4.78, 5) is 28.3. The van der Waals surface area contributed by atoms with Gasteiger partial charge in [0.05, 0.1) is 0 Å². The first kappa shape index (κ1) is 15.3. The monoisotopic (exact) mass is 306 g/mol. The standard InChI is InChI=1S/C15H15ClN2O3/c1-18(8-4-7-13(19)20)15(21)12-9-10-5-2-3-6-11(10)14(16)17-12/h2-3,5-6,9H,4,7-8H2,1H3,(H,19,20). The molecule has 0 fully saturated rings. The van der Waals surface area contributed by atoms with Gasteiger partial charge in [0.25, 0.3) is 5.91 Å². The van der Waals surface area contributed by atoms with E-state index in [1.807, 2.05) is 24.3 Å². The summed E-state index contributed by atoms with van der Waals surface area (Å²) in [5.41, 5.74) is 0.261. The summed E-state index contributed by atoms with van der Waals surface area (Å²) in [6.45, 7) is 0.358. The molecule has 1 aromatic heterocycles. The van der Waals surface area contributed by atoms with Crippen LogP contribution in [0.15, 0.2) is 30.3 Å². The number of pyridine rings is 1. The molecule has 5 nitrogen and oxygen atoms in total. The van der Waals surface area contributed by atoms with E-state index in [9.17, 15) is 9.59 Å². The minimum atomic E-state index is -0.872. The number of carboxylic acids is 1. The minimum Gasteiger partial charge on any atom is -0.481 e. The number of carboxylic acid groups (broad SMARTS) is 1. The fourth-order valence-electron chi connectivity index (χ4n) is 2.03. The van der Waals surface area contributed by atoms with Crippen molar-refractivity contribution in [2.24, 2.45) is 0 Å². The average Bonchev–Trinajstić information content (AvgIpc) is 2.46. The minimum absolute atomic E-state index is 0.0313. The van der Waals surface area contributed by atoms with Gasteiger partial charge in [0.2, 0.25) is 0 Å². The van der Waals surface area contributed by atoms with Crippen LogP contribution in [0, 0.1) is 0 Å². The van der Waals surface area contributed by atoms with E-state index in [4.69, 9.17) is 16.7 Å². The van der Waals surface area contributed by atoms with Crippen molar-refractivity contribution in [2.75, 3.05) is 13.6 Å². The van der Waals surface area contributed by atoms with Crippen LogP contribution in [-0.2, 0) is 4.79 Å². The number of carbonyl (C=O) groups excluding carboxylic acids is 1. The lowest BCUT2D eigenvalue weighted by molar-refractivity contribution is -0.137. The van der Waals surface area contributed by atoms with Gasteiger partial charge in [-0.15, -0.1) is 0 Å². The van der Waals surface area contributed by atoms with Crippen LogP contribution >= 0.6 is 11.6 Å². The largest absolute Gasteiger partial charge is 0.481 e. The summed E-state index contributed by atoms with van der Waals surface area (Å²) in [6, 6.07) is 9.12. The van der Waals surface area contributed by atoms with Crippen molar-refractivity contribution in [1.29, 1.82) is 0 Å². The van der Waals surface area contributed by atoms with Crippen molar-refractivity contribution in [2.45, 2.75) is 12.8 Å². The second-order valence-electron chi connectivity index (χ2n) is 4.74. The molecule has 1 N–H and O–H groups in total. The number of fused-ring (bicyclic) bond motifs is 1. The molecule has 1 heterocycles. The summed E-state index contributed by atoms with van der Waals surface area (Å²) in [6.07, 6.45) is 0.433. The maximum Gasteiger partial charge on any atom is 0.303 e. The second-order valence-corrected chi connectivity index (χ2v) is 5.10. The Morgan fingerprint density at radius 1 is 1.33 bits per heavy atom. The highest BCUT2D eigenvalue weighted by atomic mass is 35.5. The van der Waals surface area contributed by atoms with Crippen LogP contribution in [0.4, 0.5) is 0 Å². The number of aliphatic carboxylic acids is 1. The molecule has 0 saturated heterocycles. The third kappa shape index (κ3) is 3.70. The smallest absolute Gasteiger partial charge is 0.303 e. The first-order chi connectivity index (χ1) is 9.99. The summed E-state index contributed by atoms with van der Waals surface area (Å²) < 4.78 is 0. The van der Waals surface area contributed by atoms with Gasteiger partial charge in [-0.3, -0.25) is 9.59 Å². The quantitative estimate of drug-likeness (QED) is 0.862. The predicted molar refractivity (Wildman–Crippen MR) is 80.6 cm³/mol. The Kier molecular flexibility index (Phi) is 4.75. The Morgan fingerprint density at radius 2 is 2.05 bits per heavy atom. The van der Waals surface area contributed by atoms with Crippen molar-refractivity contribution in [3.63, 3.8) is 0 Å². The van der Waals surface area contributed by atoms with E-state index in [1.165, 1.54) is 4.90 Å². The zero-order valence-corrected chi connectivity index (χ0v) is 12.3. The highest BCUT2D eigenvalue weighted by Gasteiger charge is 2.15. The number of halogens is 1. The summed E-state index contributed by atoms with van der Waals surface area (Å²) >= 11 is 6.10. The molecule has 0 bridgehead atoms. The number of nitrogens with zero attached hydrogens (tertiary/aromatic N) is 2. The molecule has 0 unspecified atom stereocenters. The van der Waals surface area contributed by atoms with Crippen LogP contribution in [-0.4, -0.2) is 40.5 Å². The molecule has 1 aromatic carbocycles. The van der Waals surface area contributed by atoms with Crippen LogP contribution in [0.1, 0.15) is 23.3 Å². The Morgan fingerprint density at radius 3 is 2.76 bits per heavy atom. The van der Waals surface area contributed by atoms with E-state index in [0.29, 0.717) is 13.0 Å². The van der Waals surface area contributed by atoms with Gasteiger partial charge in [-0.1, -0.05) is 35.9 Å². The van der Waals surface area contributed by atoms with Crippen molar-refractivity contribution < 1.29 is 14.7 Å². The van der Waals surface area contributed by atoms with E-state index >= 15 is 0 Å². The van der Waals surface area contributed by atoms with Gasteiger partial charge in [-0.2, -0.15) is 0 Å². The highest BCUT2D eigenvalue weighted by Crippen LogP contribution is 2.22. The van der Waals surface area contributed by atoms with Gasteiger partial charge in [0, 0.05) is 25.4 Å². The first-order valence-electron chi connectivity index (χ1n) is 6.51. The normalized spacial score (nSPS) is 10.6. The zero-order chi connectivity index (χ0) is 15.4. The Hall–Kier alpha value is -2.14. The van der Waals surface area contributed by atoms with Gasteiger partial charge in [0.1, 0.15) is 10.8 Å². The van der Waals surface area contributed by atoms with Crippen LogP contribution < -0.4 is 0 Å². The number of aromatic nitrogens is 1. The Labute approximate surface area is 127 Å². The van der Waals surface area contributed by atoms with Gasteiger partial charge in [-0.25, -0.2) is 4.98 Å². The molecule has 6 heteroatoms. The number of benzene rings is 1. The zero-order valence-electron chi connectivity index (χ0n) is 11.5. The molecule has 0 radical (unpaired) electrons. The number of hydrogen-bond acceptors (Lipinski definition) is 3. The van der Waals surface area contributed by atoms with Crippen LogP contribution in [0.25, 0.3) is 10.8 Å². The topological polar surface area (TPSA) is 70.5 Å². The first-order valence-corrected chi connectivity index (χ1v) is 6.89. The second kappa shape index (κ2) is 6.54. The molecular formula is C15H15ClN2O3. The Balaban J connectivity index is 2.17. The van der Waals surface area contributed by atoms with Gasteiger partial charge < -0.3 is 10.0 Å². The molecule has 2 rings (SSSR count). The molecule has 0 spiro atoms. The average molecular weight is 307 g/mol. The Bertz CT molecular complexity index is 688. The van der Waals surface area contributed by atoms with Crippen molar-refractivity contribution in [1.82, 2.24) is 9.88 Å². The molecule has 110 valence electrons. The van der Waals surface area contributed by atoms with Crippen molar-refractivity contribution in [3.05, 3.63) is 41.2 Å². The number of amides is 1. The fraction of sp³-hybridized carbons (Fsp3) is 0.267. The van der Waals surface area contributed by atoms with E-state index < -0.39 is 5.97 Å². The molecule has 1 amide bonds. The third-order valence-electron chi connectivity index (χ3n) is 3.14. The highest BCUT2D eigenvalue weighted by molar-refractivity contribution is 6.34. The lowest BCUT2D eigenvalue weighted by Crippen LogP contribution is -2.28. The van der Waals surface area contributed by atoms with Gasteiger partial charge in [-0.05, 0) is 17.9 Å². The molecule has 0 atom stereocenters. The molecule has 21 heavy (non-hydrogen) atoms. The lowest BCUT2D eigenvalue weighted by Gasteiger charge is -2.16. The fourth-order valence-corrected chi connectivity index (χ4v) is 2.29. The van der Waals surface area contributed by atoms with Gasteiger partial charge in [0.15, 0.2) is 0 Å². The molecule has 0 aliphatic heterocycles. The molecule has 0 aliphatic carbocycles. The number of hydrogen-bond donors (Lipinski definition) is 1.